The zero-order chi connectivity index (χ0) is 19.9. The molecule has 148 valence electrons. The van der Waals surface area contributed by atoms with Crippen LogP contribution in [0, 0.1) is 18.7 Å². The van der Waals surface area contributed by atoms with Crippen molar-refractivity contribution in [3.8, 4) is 0 Å². The lowest BCUT2D eigenvalue weighted by molar-refractivity contribution is -0.133. The van der Waals surface area contributed by atoms with Gasteiger partial charge in [0.25, 0.3) is 0 Å². The van der Waals surface area contributed by atoms with Gasteiger partial charge in [0, 0.05) is 39.0 Å². The third-order valence-corrected chi connectivity index (χ3v) is 6.10. The highest BCUT2D eigenvalue weighted by atomic mass is 19.1. The number of piperidine rings is 1. The number of amides is 2. The highest BCUT2D eigenvalue weighted by molar-refractivity contribution is 5.79. The standard InChI is InChI=1S/C20H24FN5O2/c1-13-22-19(24-23-13)20-7-8-25(10-16(20)11-26(12-20)14(2)27)18(28)9-15-5-3-4-6-17(15)21/h3-6,16H,7-12H2,1-2H3,(H,22,23,24)/t16-,20-/m1/s1. The number of carbonyl (C=O) groups is 2. The van der Waals surface area contributed by atoms with E-state index in [1.54, 1.807) is 30.0 Å². The predicted octanol–water partition coefficient (Wildman–Crippen LogP) is 1.44. The molecular weight excluding hydrogens is 361 g/mol. The number of aryl methyl sites for hydroxylation is 1. The Morgan fingerprint density at radius 1 is 1.29 bits per heavy atom. The van der Waals surface area contributed by atoms with Gasteiger partial charge in [-0.15, -0.1) is 0 Å². The van der Waals surface area contributed by atoms with Crippen LogP contribution in [-0.2, 0) is 21.4 Å². The Bertz CT molecular complexity index is 914. The van der Waals surface area contributed by atoms with Crippen molar-refractivity contribution in [1.82, 2.24) is 25.0 Å². The number of halogens is 1. The maximum Gasteiger partial charge on any atom is 0.227 e. The van der Waals surface area contributed by atoms with E-state index in [9.17, 15) is 14.0 Å². The first kappa shape index (κ1) is 18.6. The van der Waals surface area contributed by atoms with Gasteiger partial charge in [-0.1, -0.05) is 18.2 Å². The fourth-order valence-electron chi connectivity index (χ4n) is 4.50. The van der Waals surface area contributed by atoms with Crippen LogP contribution in [-0.4, -0.2) is 63.0 Å². The predicted molar refractivity (Wildman–Crippen MR) is 99.8 cm³/mol. The second kappa shape index (κ2) is 7.00. The quantitative estimate of drug-likeness (QED) is 0.867. The zero-order valence-electron chi connectivity index (χ0n) is 16.1. The maximum atomic E-state index is 13.9. The van der Waals surface area contributed by atoms with Crippen LogP contribution in [0.4, 0.5) is 4.39 Å². The van der Waals surface area contributed by atoms with Crippen LogP contribution in [0.3, 0.4) is 0 Å². The summed E-state index contributed by atoms with van der Waals surface area (Å²) in [7, 11) is 0. The van der Waals surface area contributed by atoms with E-state index in [1.807, 2.05) is 11.8 Å². The zero-order valence-corrected chi connectivity index (χ0v) is 16.1. The smallest absolute Gasteiger partial charge is 0.227 e. The molecule has 4 rings (SSSR count). The third kappa shape index (κ3) is 3.16. The number of fused-ring (bicyclic) bond motifs is 1. The first-order valence-electron chi connectivity index (χ1n) is 9.55. The van der Waals surface area contributed by atoms with E-state index in [4.69, 9.17) is 0 Å². The second-order valence-corrected chi connectivity index (χ2v) is 7.85. The summed E-state index contributed by atoms with van der Waals surface area (Å²) in [4.78, 5) is 33.0. The lowest BCUT2D eigenvalue weighted by Crippen LogP contribution is -2.52. The highest BCUT2D eigenvalue weighted by Gasteiger charge is 2.54. The van der Waals surface area contributed by atoms with Crippen LogP contribution in [0.25, 0.3) is 0 Å². The molecule has 2 amide bonds. The molecule has 1 aromatic heterocycles. The molecule has 0 radical (unpaired) electrons. The number of aromatic amines is 1. The van der Waals surface area contributed by atoms with Gasteiger partial charge in [0.2, 0.25) is 11.8 Å². The molecule has 3 heterocycles. The van der Waals surface area contributed by atoms with E-state index in [0.29, 0.717) is 38.2 Å². The van der Waals surface area contributed by atoms with Crippen molar-refractivity contribution in [2.75, 3.05) is 26.2 Å². The van der Waals surface area contributed by atoms with Crippen molar-refractivity contribution in [3.05, 3.63) is 47.3 Å². The SMILES string of the molecule is CC(=O)N1C[C@H]2CN(C(=O)Cc3ccccc3F)CC[C@@]2(c2n[nH]c(C)n2)C1. The molecule has 2 aromatic rings. The van der Waals surface area contributed by atoms with Crippen molar-refractivity contribution in [3.63, 3.8) is 0 Å². The maximum absolute atomic E-state index is 13.9. The average molecular weight is 385 g/mol. The summed E-state index contributed by atoms with van der Waals surface area (Å²) in [5, 5.41) is 7.29. The van der Waals surface area contributed by atoms with E-state index in [-0.39, 0.29) is 35.4 Å². The first-order chi connectivity index (χ1) is 13.4. The Hall–Kier alpha value is -2.77. The van der Waals surface area contributed by atoms with E-state index in [2.05, 4.69) is 15.2 Å². The minimum absolute atomic E-state index is 0.0188. The molecule has 0 aliphatic carbocycles. The molecule has 2 aliphatic rings. The van der Waals surface area contributed by atoms with Gasteiger partial charge in [-0.05, 0) is 25.0 Å². The molecule has 0 saturated carbocycles. The number of likely N-dealkylation sites (tertiary alicyclic amines) is 2. The van der Waals surface area contributed by atoms with Gasteiger partial charge >= 0.3 is 0 Å². The topological polar surface area (TPSA) is 82.2 Å². The molecule has 2 atom stereocenters. The molecule has 0 spiro atoms. The molecule has 28 heavy (non-hydrogen) atoms. The van der Waals surface area contributed by atoms with Gasteiger partial charge in [-0.3, -0.25) is 14.7 Å². The Kier molecular flexibility index (Phi) is 4.64. The molecular formula is C20H24FN5O2. The molecule has 1 N–H and O–H groups in total. The van der Waals surface area contributed by atoms with Crippen LogP contribution in [0.2, 0.25) is 0 Å². The number of aromatic nitrogens is 3. The number of hydrogen-bond donors (Lipinski definition) is 1. The van der Waals surface area contributed by atoms with Crippen molar-refractivity contribution in [2.45, 2.75) is 32.1 Å². The summed E-state index contributed by atoms with van der Waals surface area (Å²) in [6.07, 6.45) is 0.727. The van der Waals surface area contributed by atoms with Crippen LogP contribution in [0.1, 0.15) is 30.6 Å². The number of benzene rings is 1. The molecule has 2 fully saturated rings. The number of carbonyl (C=O) groups excluding carboxylic acids is 2. The number of H-pyrrole nitrogens is 1. The molecule has 7 nitrogen and oxygen atoms in total. The number of nitrogens with zero attached hydrogens (tertiary/aromatic N) is 4. The van der Waals surface area contributed by atoms with Crippen LogP contribution >= 0.6 is 0 Å². The Morgan fingerprint density at radius 3 is 2.71 bits per heavy atom. The summed E-state index contributed by atoms with van der Waals surface area (Å²) in [6.45, 7) is 5.63. The fraction of sp³-hybridized carbons (Fsp3) is 0.500. The Labute approximate surface area is 162 Å². The van der Waals surface area contributed by atoms with Crippen molar-refractivity contribution >= 4 is 11.8 Å². The van der Waals surface area contributed by atoms with E-state index >= 15 is 0 Å². The summed E-state index contributed by atoms with van der Waals surface area (Å²) >= 11 is 0. The van der Waals surface area contributed by atoms with Gasteiger partial charge in [0.1, 0.15) is 11.6 Å². The summed E-state index contributed by atoms with van der Waals surface area (Å²) in [5.74, 6) is 1.09. The Balaban J connectivity index is 1.55. The van der Waals surface area contributed by atoms with Gasteiger partial charge in [-0.2, -0.15) is 5.10 Å². The first-order valence-corrected chi connectivity index (χ1v) is 9.55. The van der Waals surface area contributed by atoms with Crippen LogP contribution < -0.4 is 0 Å². The molecule has 2 saturated heterocycles. The second-order valence-electron chi connectivity index (χ2n) is 7.85. The minimum atomic E-state index is -0.359. The van der Waals surface area contributed by atoms with E-state index < -0.39 is 0 Å². The minimum Gasteiger partial charge on any atom is -0.342 e. The molecule has 2 aliphatic heterocycles. The largest absolute Gasteiger partial charge is 0.342 e. The van der Waals surface area contributed by atoms with Crippen molar-refractivity contribution in [2.24, 2.45) is 5.92 Å². The summed E-state index contributed by atoms with van der Waals surface area (Å²) in [5.41, 5.74) is 0.0660. The van der Waals surface area contributed by atoms with Gasteiger partial charge in [-0.25, -0.2) is 9.37 Å². The molecule has 0 unspecified atom stereocenters. The molecule has 1 aromatic carbocycles. The highest BCUT2D eigenvalue weighted by Crippen LogP contribution is 2.44. The monoisotopic (exact) mass is 385 g/mol. The average Bonchev–Trinajstić information content (AvgIpc) is 3.27. The van der Waals surface area contributed by atoms with Gasteiger partial charge in [0.15, 0.2) is 5.82 Å². The van der Waals surface area contributed by atoms with Crippen LogP contribution in [0.5, 0.6) is 0 Å². The lowest BCUT2D eigenvalue weighted by atomic mass is 9.71. The molecule has 0 bridgehead atoms. The van der Waals surface area contributed by atoms with E-state index in [1.165, 1.54) is 6.07 Å². The number of rotatable bonds is 3. The normalized spacial score (nSPS) is 24.3. The lowest BCUT2D eigenvalue weighted by Gasteiger charge is -2.41. The van der Waals surface area contributed by atoms with Crippen LogP contribution in [0.15, 0.2) is 24.3 Å². The van der Waals surface area contributed by atoms with Gasteiger partial charge < -0.3 is 9.80 Å². The fourth-order valence-corrected chi connectivity index (χ4v) is 4.50. The molecule has 8 heteroatoms. The van der Waals surface area contributed by atoms with Crippen molar-refractivity contribution < 1.29 is 14.0 Å². The van der Waals surface area contributed by atoms with E-state index in [0.717, 1.165) is 11.6 Å². The van der Waals surface area contributed by atoms with Gasteiger partial charge in [0.05, 0.1) is 11.8 Å². The van der Waals surface area contributed by atoms with Crippen molar-refractivity contribution in [1.29, 1.82) is 0 Å². The third-order valence-electron chi connectivity index (χ3n) is 6.10. The number of hydrogen-bond acceptors (Lipinski definition) is 4. The summed E-state index contributed by atoms with van der Waals surface area (Å²) < 4.78 is 13.9. The number of nitrogens with one attached hydrogen (secondary N) is 1. The Morgan fingerprint density at radius 2 is 2.04 bits per heavy atom. The summed E-state index contributed by atoms with van der Waals surface area (Å²) in [6, 6.07) is 6.37.